The molecule has 2 rings (SSSR count). The molecule has 0 aromatic heterocycles. The number of ether oxygens (including phenoxy) is 1. The van der Waals surface area contributed by atoms with Gasteiger partial charge in [-0.05, 0) is 56.4 Å². The van der Waals surface area contributed by atoms with E-state index in [-0.39, 0.29) is 11.7 Å². The number of carbonyl (C=O) groups is 1. The number of carbonyl (C=O) groups excluding carboxylic acids is 1. The zero-order chi connectivity index (χ0) is 13.1. The average Bonchev–Trinajstić information content (AvgIpc) is 2.83. The summed E-state index contributed by atoms with van der Waals surface area (Å²) < 4.78 is 5.99. The van der Waals surface area contributed by atoms with Gasteiger partial charge in [-0.3, -0.25) is 4.79 Å². The quantitative estimate of drug-likeness (QED) is 0.746. The first kappa shape index (κ1) is 13.1. The first-order valence-corrected chi connectivity index (χ1v) is 6.89. The summed E-state index contributed by atoms with van der Waals surface area (Å²) in [6, 6.07) is 5.79. The summed E-state index contributed by atoms with van der Waals surface area (Å²) in [5, 5.41) is 0. The Balaban J connectivity index is 2.11. The van der Waals surface area contributed by atoms with E-state index >= 15 is 0 Å². The topological polar surface area (TPSA) is 26.3 Å². The highest BCUT2D eigenvalue weighted by Gasteiger charge is 2.18. The number of ketones is 1. The Labute approximate surface area is 109 Å². The van der Waals surface area contributed by atoms with Gasteiger partial charge in [0.15, 0.2) is 5.78 Å². The molecule has 1 saturated carbocycles. The Morgan fingerprint density at radius 2 is 1.94 bits per heavy atom. The van der Waals surface area contributed by atoms with Crippen molar-refractivity contribution in [3.8, 4) is 5.75 Å². The molecule has 0 N–H and O–H groups in total. The highest BCUT2D eigenvalue weighted by Crippen LogP contribution is 2.27. The van der Waals surface area contributed by atoms with Crippen molar-refractivity contribution in [3.63, 3.8) is 0 Å². The lowest BCUT2D eigenvalue weighted by Gasteiger charge is -2.16. The van der Waals surface area contributed by atoms with Crippen LogP contribution in [0.5, 0.6) is 5.75 Å². The van der Waals surface area contributed by atoms with Crippen molar-refractivity contribution >= 4 is 5.78 Å². The van der Waals surface area contributed by atoms with Crippen LogP contribution in [0, 0.1) is 12.8 Å². The predicted octanol–water partition coefficient (Wildman–Crippen LogP) is 4.16. The van der Waals surface area contributed by atoms with Crippen LogP contribution in [0.15, 0.2) is 18.2 Å². The first-order valence-electron chi connectivity index (χ1n) is 6.89. The van der Waals surface area contributed by atoms with Gasteiger partial charge >= 0.3 is 0 Å². The second-order valence-electron chi connectivity index (χ2n) is 5.52. The molecule has 0 radical (unpaired) electrons. The molecule has 0 aliphatic heterocycles. The van der Waals surface area contributed by atoms with Gasteiger partial charge in [0.1, 0.15) is 5.75 Å². The monoisotopic (exact) mass is 246 g/mol. The molecule has 0 amide bonds. The molecule has 1 aromatic rings. The van der Waals surface area contributed by atoms with Crippen LogP contribution in [0.25, 0.3) is 0 Å². The van der Waals surface area contributed by atoms with Crippen LogP contribution in [0.4, 0.5) is 0 Å². The average molecular weight is 246 g/mol. The van der Waals surface area contributed by atoms with Crippen molar-refractivity contribution in [2.75, 3.05) is 0 Å². The van der Waals surface area contributed by atoms with Gasteiger partial charge < -0.3 is 4.74 Å². The van der Waals surface area contributed by atoms with E-state index in [2.05, 4.69) is 0 Å². The normalized spacial score (nSPS) is 16.2. The van der Waals surface area contributed by atoms with Gasteiger partial charge in [-0.15, -0.1) is 0 Å². The molecule has 1 aromatic carbocycles. The third-order valence-corrected chi connectivity index (χ3v) is 3.58. The van der Waals surface area contributed by atoms with E-state index in [0.717, 1.165) is 29.7 Å². The molecule has 0 saturated heterocycles. The van der Waals surface area contributed by atoms with Crippen molar-refractivity contribution in [1.82, 2.24) is 0 Å². The molecule has 98 valence electrons. The van der Waals surface area contributed by atoms with Gasteiger partial charge in [0.2, 0.25) is 0 Å². The fraction of sp³-hybridized carbons (Fsp3) is 0.562. The van der Waals surface area contributed by atoms with Gasteiger partial charge in [-0.2, -0.15) is 0 Å². The van der Waals surface area contributed by atoms with Crippen molar-refractivity contribution < 1.29 is 9.53 Å². The molecule has 2 nitrogen and oxygen atoms in total. The zero-order valence-corrected chi connectivity index (χ0v) is 11.5. The summed E-state index contributed by atoms with van der Waals surface area (Å²) in [5.41, 5.74) is 1.86. The maximum Gasteiger partial charge on any atom is 0.165 e. The molecule has 0 atom stereocenters. The highest BCUT2D eigenvalue weighted by atomic mass is 16.5. The van der Waals surface area contributed by atoms with Crippen LogP contribution in [0.2, 0.25) is 0 Å². The number of Topliss-reactive ketones (excluding diaryl/α,β-unsaturated/α-hetero) is 1. The molecule has 0 bridgehead atoms. The van der Waals surface area contributed by atoms with E-state index in [0.29, 0.717) is 6.10 Å². The Morgan fingerprint density at radius 3 is 2.50 bits per heavy atom. The maximum atomic E-state index is 11.9. The van der Waals surface area contributed by atoms with Crippen LogP contribution in [0.3, 0.4) is 0 Å². The number of hydrogen-bond donors (Lipinski definition) is 0. The summed E-state index contributed by atoms with van der Waals surface area (Å²) in [4.78, 5) is 11.9. The lowest BCUT2D eigenvalue weighted by molar-refractivity contribution is 0.0939. The Bertz CT molecular complexity index is 429. The van der Waals surface area contributed by atoms with E-state index in [1.54, 1.807) is 0 Å². The van der Waals surface area contributed by atoms with Crippen molar-refractivity contribution in [1.29, 1.82) is 0 Å². The first-order chi connectivity index (χ1) is 8.58. The van der Waals surface area contributed by atoms with Crippen molar-refractivity contribution in [2.45, 2.75) is 52.6 Å². The van der Waals surface area contributed by atoms with Gasteiger partial charge in [0.25, 0.3) is 0 Å². The summed E-state index contributed by atoms with van der Waals surface area (Å²) in [5.74, 6) is 1.18. The van der Waals surface area contributed by atoms with Crippen molar-refractivity contribution in [2.24, 2.45) is 5.92 Å². The van der Waals surface area contributed by atoms with Crippen LogP contribution in [-0.2, 0) is 0 Å². The van der Waals surface area contributed by atoms with Gasteiger partial charge in [0.05, 0.1) is 6.10 Å². The minimum Gasteiger partial charge on any atom is -0.490 e. The summed E-state index contributed by atoms with van der Waals surface area (Å²) in [6.07, 6.45) is 5.23. The molecule has 0 heterocycles. The molecule has 2 heteroatoms. The van der Waals surface area contributed by atoms with Crippen molar-refractivity contribution in [3.05, 3.63) is 29.3 Å². The molecule has 0 unspecified atom stereocenters. The van der Waals surface area contributed by atoms with Crippen LogP contribution in [-0.4, -0.2) is 11.9 Å². The molecular weight excluding hydrogens is 224 g/mol. The minimum absolute atomic E-state index is 0.0472. The van der Waals surface area contributed by atoms with E-state index in [9.17, 15) is 4.79 Å². The highest BCUT2D eigenvalue weighted by molar-refractivity contribution is 5.97. The number of rotatable bonds is 4. The Kier molecular flexibility index (Phi) is 4.05. The van der Waals surface area contributed by atoms with Gasteiger partial charge in [0, 0.05) is 11.5 Å². The Hall–Kier alpha value is -1.31. The largest absolute Gasteiger partial charge is 0.490 e. The lowest BCUT2D eigenvalue weighted by atomic mass is 9.99. The molecule has 18 heavy (non-hydrogen) atoms. The fourth-order valence-corrected chi connectivity index (χ4v) is 2.45. The lowest BCUT2D eigenvalue weighted by Crippen LogP contribution is -2.12. The second-order valence-corrected chi connectivity index (χ2v) is 5.52. The third-order valence-electron chi connectivity index (χ3n) is 3.58. The van der Waals surface area contributed by atoms with Gasteiger partial charge in [-0.25, -0.2) is 0 Å². The smallest absolute Gasteiger partial charge is 0.165 e. The molecular formula is C16H22O2. The SMILES string of the molecule is Cc1cc(C(=O)C(C)C)ccc1OC1CCCC1. The van der Waals surface area contributed by atoms with Crippen LogP contribution >= 0.6 is 0 Å². The van der Waals surface area contributed by atoms with E-state index in [1.165, 1.54) is 12.8 Å². The van der Waals surface area contributed by atoms with Gasteiger partial charge in [-0.1, -0.05) is 13.8 Å². The maximum absolute atomic E-state index is 11.9. The Morgan fingerprint density at radius 1 is 1.28 bits per heavy atom. The van der Waals surface area contributed by atoms with E-state index in [4.69, 9.17) is 4.74 Å². The summed E-state index contributed by atoms with van der Waals surface area (Å²) >= 11 is 0. The number of benzene rings is 1. The summed E-state index contributed by atoms with van der Waals surface area (Å²) in [7, 11) is 0. The molecule has 1 aliphatic rings. The molecule has 0 spiro atoms. The standard InChI is InChI=1S/C16H22O2/c1-11(2)16(17)13-8-9-15(12(3)10-13)18-14-6-4-5-7-14/h8-11,14H,4-7H2,1-3H3. The fourth-order valence-electron chi connectivity index (χ4n) is 2.45. The molecule has 1 fully saturated rings. The zero-order valence-electron chi connectivity index (χ0n) is 11.5. The molecule has 1 aliphatic carbocycles. The minimum atomic E-state index is 0.0472. The third kappa shape index (κ3) is 2.92. The number of aryl methyl sites for hydroxylation is 1. The van der Waals surface area contributed by atoms with E-state index < -0.39 is 0 Å². The van der Waals surface area contributed by atoms with Crippen LogP contribution in [0.1, 0.15) is 55.5 Å². The van der Waals surface area contributed by atoms with Crippen LogP contribution < -0.4 is 4.74 Å². The second kappa shape index (κ2) is 5.55. The predicted molar refractivity (Wildman–Crippen MR) is 73.2 cm³/mol. The number of hydrogen-bond acceptors (Lipinski definition) is 2. The van der Waals surface area contributed by atoms with E-state index in [1.807, 2.05) is 39.0 Å². The summed E-state index contributed by atoms with van der Waals surface area (Å²) in [6.45, 7) is 5.88.